The van der Waals surface area contributed by atoms with Crippen LogP contribution in [0.25, 0.3) is 0 Å². The van der Waals surface area contributed by atoms with E-state index in [-0.39, 0.29) is 16.7 Å². The number of halogens is 1. The number of hydrogen-bond acceptors (Lipinski definition) is 3. The van der Waals surface area contributed by atoms with E-state index < -0.39 is 5.54 Å². The lowest BCUT2D eigenvalue weighted by atomic mass is 9.66. The number of hydrogen-bond donors (Lipinski definition) is 0. The minimum atomic E-state index is -0.653. The fourth-order valence-electron chi connectivity index (χ4n) is 5.32. The van der Waals surface area contributed by atoms with Crippen molar-refractivity contribution in [1.82, 2.24) is 4.90 Å². The molecule has 21 heavy (non-hydrogen) atoms. The van der Waals surface area contributed by atoms with Crippen molar-refractivity contribution in [1.29, 1.82) is 5.26 Å². The number of carbonyl (C=O) groups excluding carboxylic acids is 1. The summed E-state index contributed by atoms with van der Waals surface area (Å²) in [5.41, 5.74) is -0.674. The molecule has 0 spiro atoms. The molecule has 3 aliphatic rings. The maximum absolute atomic E-state index is 12.9. The molecule has 4 rings (SSSR count). The topological polar surface area (TPSA) is 57.2 Å². The highest BCUT2D eigenvalue weighted by atomic mass is 127. The Morgan fingerprint density at radius 3 is 2.86 bits per heavy atom. The Bertz CT molecular complexity index is 693. The highest BCUT2D eigenvalue weighted by Gasteiger charge is 2.79. The number of piperidine rings is 1. The minimum Gasteiger partial charge on any atom is -0.445 e. The molecule has 1 aromatic heterocycles. The number of amides is 1. The first-order valence-electron chi connectivity index (χ1n) is 7.36. The molecule has 2 saturated carbocycles. The molecule has 4 nitrogen and oxygen atoms in total. The second-order valence-corrected chi connectivity index (χ2v) is 8.22. The molecular weight excluding hydrogens is 379 g/mol. The smallest absolute Gasteiger partial charge is 0.290 e. The Balaban J connectivity index is 1.80. The predicted molar refractivity (Wildman–Crippen MR) is 84.4 cm³/mol. The first kappa shape index (κ1) is 13.6. The van der Waals surface area contributed by atoms with Gasteiger partial charge in [-0.15, -0.1) is 0 Å². The third-order valence-corrected chi connectivity index (χ3v) is 7.35. The Labute approximate surface area is 137 Å². The normalized spacial score (nSPS) is 43.3. The van der Waals surface area contributed by atoms with Crippen molar-refractivity contribution in [3.05, 3.63) is 21.7 Å². The number of rotatable bonds is 1. The molecule has 110 valence electrons. The molecule has 0 radical (unpaired) electrons. The van der Waals surface area contributed by atoms with Gasteiger partial charge in [-0.3, -0.25) is 4.79 Å². The molecule has 2 aliphatic carbocycles. The summed E-state index contributed by atoms with van der Waals surface area (Å²) in [4.78, 5) is 14.7. The number of nitriles is 1. The summed E-state index contributed by atoms with van der Waals surface area (Å²) >= 11 is 2.06. The second-order valence-electron chi connectivity index (χ2n) is 7.16. The Kier molecular flexibility index (Phi) is 2.49. The number of likely N-dealkylation sites (tertiary alicyclic amines) is 1. The van der Waals surface area contributed by atoms with Crippen LogP contribution in [0.3, 0.4) is 0 Å². The first-order valence-corrected chi connectivity index (χ1v) is 8.44. The molecule has 4 bridgehead atoms. The quantitative estimate of drug-likeness (QED) is 0.684. The molecule has 0 unspecified atom stereocenters. The van der Waals surface area contributed by atoms with E-state index in [2.05, 4.69) is 42.5 Å². The molecule has 5 heteroatoms. The van der Waals surface area contributed by atoms with Crippen LogP contribution < -0.4 is 0 Å². The van der Waals surface area contributed by atoms with Crippen LogP contribution in [0.1, 0.15) is 43.7 Å². The molecule has 0 aromatic carbocycles. The van der Waals surface area contributed by atoms with Gasteiger partial charge in [0, 0.05) is 12.0 Å². The highest BCUT2D eigenvalue weighted by Crippen LogP contribution is 2.75. The summed E-state index contributed by atoms with van der Waals surface area (Å²) in [7, 11) is 0. The summed E-state index contributed by atoms with van der Waals surface area (Å²) < 4.78 is 6.19. The summed E-state index contributed by atoms with van der Waals surface area (Å²) in [5.74, 6) is 0.794. The van der Waals surface area contributed by atoms with Crippen LogP contribution in [0, 0.1) is 31.8 Å². The van der Waals surface area contributed by atoms with Gasteiger partial charge in [0.25, 0.3) is 5.91 Å². The van der Waals surface area contributed by atoms with E-state index in [1.807, 2.05) is 0 Å². The van der Waals surface area contributed by atoms with E-state index in [9.17, 15) is 10.1 Å². The van der Waals surface area contributed by atoms with Crippen molar-refractivity contribution >= 4 is 28.5 Å². The number of nitrogens with zero attached hydrogens (tertiary/aromatic N) is 2. The average molecular weight is 396 g/mol. The van der Waals surface area contributed by atoms with Gasteiger partial charge in [0.1, 0.15) is 5.54 Å². The van der Waals surface area contributed by atoms with Gasteiger partial charge in [0.2, 0.25) is 0 Å². The van der Waals surface area contributed by atoms with E-state index in [4.69, 9.17) is 4.42 Å². The lowest BCUT2D eigenvalue weighted by Gasteiger charge is -2.42. The third kappa shape index (κ3) is 1.29. The zero-order valence-corrected chi connectivity index (χ0v) is 14.3. The van der Waals surface area contributed by atoms with Gasteiger partial charge in [-0.05, 0) is 65.3 Å². The van der Waals surface area contributed by atoms with Crippen LogP contribution in [-0.2, 0) is 0 Å². The van der Waals surface area contributed by atoms with E-state index in [0.29, 0.717) is 22.0 Å². The molecule has 0 N–H and O–H groups in total. The zero-order chi connectivity index (χ0) is 15.0. The Hall–Kier alpha value is -1.03. The minimum absolute atomic E-state index is 0.0676. The maximum atomic E-state index is 12.9. The van der Waals surface area contributed by atoms with Gasteiger partial charge >= 0.3 is 0 Å². The Morgan fingerprint density at radius 2 is 2.29 bits per heavy atom. The van der Waals surface area contributed by atoms with Crippen molar-refractivity contribution in [2.24, 2.45) is 16.7 Å². The largest absolute Gasteiger partial charge is 0.445 e. The second kappa shape index (κ2) is 3.83. The van der Waals surface area contributed by atoms with Gasteiger partial charge in [-0.1, -0.05) is 13.8 Å². The zero-order valence-electron chi connectivity index (χ0n) is 12.1. The SMILES string of the molecule is C[C@]12CC[C@@H]3C[C@@]1(C#N)N(C(=O)c1ccc(I)o1)C[C@@]32C. The highest BCUT2D eigenvalue weighted by molar-refractivity contribution is 14.1. The molecule has 2 heterocycles. The summed E-state index contributed by atoms with van der Waals surface area (Å²) in [6, 6.07) is 6.04. The molecule has 1 saturated heterocycles. The lowest BCUT2D eigenvalue weighted by Crippen LogP contribution is -2.54. The number of carbonyl (C=O) groups is 1. The van der Waals surface area contributed by atoms with Crippen LogP contribution in [0.15, 0.2) is 16.5 Å². The fraction of sp³-hybridized carbons (Fsp3) is 0.625. The summed E-state index contributed by atoms with van der Waals surface area (Å²) in [5, 5.41) is 9.94. The van der Waals surface area contributed by atoms with E-state index in [1.165, 1.54) is 6.42 Å². The van der Waals surface area contributed by atoms with Crippen LogP contribution in [0.5, 0.6) is 0 Å². The summed E-state index contributed by atoms with van der Waals surface area (Å²) in [6.45, 7) is 5.16. The molecule has 3 fully saturated rings. The lowest BCUT2D eigenvalue weighted by molar-refractivity contribution is 0.0399. The molecule has 1 aliphatic heterocycles. The number of furan rings is 1. The molecule has 4 atom stereocenters. The average Bonchev–Trinajstić information content (AvgIpc) is 3.10. The monoisotopic (exact) mass is 396 g/mol. The molecule has 1 aromatic rings. The van der Waals surface area contributed by atoms with E-state index in [1.54, 1.807) is 17.0 Å². The fourth-order valence-corrected chi connectivity index (χ4v) is 5.73. The van der Waals surface area contributed by atoms with Crippen molar-refractivity contribution < 1.29 is 9.21 Å². The third-order valence-electron chi connectivity index (χ3n) is 6.77. The van der Waals surface area contributed by atoms with Crippen molar-refractivity contribution in [3.63, 3.8) is 0 Å². The summed E-state index contributed by atoms with van der Waals surface area (Å²) in [6.07, 6.45) is 3.05. The van der Waals surface area contributed by atoms with Crippen LogP contribution >= 0.6 is 22.6 Å². The predicted octanol–water partition coefficient (Wildman–Crippen LogP) is 3.43. The van der Waals surface area contributed by atoms with Crippen LogP contribution in [0.4, 0.5) is 0 Å². The van der Waals surface area contributed by atoms with Crippen molar-refractivity contribution in [2.45, 2.75) is 38.6 Å². The van der Waals surface area contributed by atoms with Gasteiger partial charge < -0.3 is 9.32 Å². The first-order chi connectivity index (χ1) is 9.88. The van der Waals surface area contributed by atoms with Crippen molar-refractivity contribution in [2.75, 3.05) is 6.54 Å². The van der Waals surface area contributed by atoms with Crippen LogP contribution in [-0.4, -0.2) is 22.9 Å². The molecule has 1 amide bonds. The van der Waals surface area contributed by atoms with Gasteiger partial charge in [-0.2, -0.15) is 5.26 Å². The standard InChI is InChI=1S/C16H17IN2O2/c1-14-9-19(13(20)11-3-4-12(17)21-11)16(8-18)7-10(14)5-6-15(14,16)2/h3-4,10H,5-7,9H2,1-2H3/t10-,14+,15-,16+/m1/s1. The molecular formula is C16H17IN2O2. The Morgan fingerprint density at radius 1 is 1.52 bits per heavy atom. The van der Waals surface area contributed by atoms with Crippen molar-refractivity contribution in [3.8, 4) is 6.07 Å². The van der Waals surface area contributed by atoms with Gasteiger partial charge in [0.15, 0.2) is 9.53 Å². The van der Waals surface area contributed by atoms with Gasteiger partial charge in [-0.25, -0.2) is 0 Å². The maximum Gasteiger partial charge on any atom is 0.290 e. The van der Waals surface area contributed by atoms with Crippen LogP contribution in [0.2, 0.25) is 0 Å². The van der Waals surface area contributed by atoms with Gasteiger partial charge in [0.05, 0.1) is 6.07 Å². The van der Waals surface area contributed by atoms with E-state index >= 15 is 0 Å². The van der Waals surface area contributed by atoms with E-state index in [0.717, 1.165) is 12.8 Å².